The van der Waals surface area contributed by atoms with Crippen LogP contribution in [0.4, 0.5) is 23.7 Å². The summed E-state index contributed by atoms with van der Waals surface area (Å²) in [7, 11) is -4.03. The van der Waals surface area contributed by atoms with E-state index in [-0.39, 0.29) is 28.1 Å². The second kappa shape index (κ2) is 9.36. The second-order valence-electron chi connectivity index (χ2n) is 7.84. The van der Waals surface area contributed by atoms with Crippen LogP contribution >= 0.6 is 0 Å². The molecule has 0 radical (unpaired) electrons. The number of hydrogen-bond donors (Lipinski definition) is 1. The summed E-state index contributed by atoms with van der Waals surface area (Å²) in [5.41, 5.74) is -1.88. The van der Waals surface area contributed by atoms with Gasteiger partial charge in [0.2, 0.25) is 0 Å². The number of carboxylic acid groups (broad SMARTS) is 1. The number of urea groups is 1. The molecule has 3 rings (SSSR count). The summed E-state index contributed by atoms with van der Waals surface area (Å²) < 4.78 is 64.9. The first-order valence-electron chi connectivity index (χ1n) is 10.1. The first-order chi connectivity index (χ1) is 16.7. The van der Waals surface area contributed by atoms with Crippen LogP contribution in [0.5, 0.6) is 0 Å². The predicted molar refractivity (Wildman–Crippen MR) is 119 cm³/mol. The molecule has 1 heterocycles. The number of alkyl halides is 3. The Bertz CT molecular complexity index is 1490. The molecule has 0 saturated heterocycles. The van der Waals surface area contributed by atoms with Crippen molar-refractivity contribution in [2.45, 2.75) is 24.0 Å². The summed E-state index contributed by atoms with van der Waals surface area (Å²) in [5.74, 6) is -1.51. The zero-order valence-corrected chi connectivity index (χ0v) is 19.6. The van der Waals surface area contributed by atoms with E-state index in [1.165, 1.54) is 25.1 Å². The highest BCUT2D eigenvalue weighted by atomic mass is 32.2. The van der Waals surface area contributed by atoms with Gasteiger partial charge >= 0.3 is 18.2 Å². The van der Waals surface area contributed by atoms with Gasteiger partial charge in [-0.3, -0.25) is 9.69 Å². The first-order valence-corrected chi connectivity index (χ1v) is 11.9. The van der Waals surface area contributed by atoms with Crippen molar-refractivity contribution in [2.75, 3.05) is 17.7 Å². The lowest BCUT2D eigenvalue weighted by Crippen LogP contribution is -2.51. The van der Waals surface area contributed by atoms with E-state index in [1.54, 1.807) is 6.07 Å². The van der Waals surface area contributed by atoms with E-state index in [1.807, 2.05) is 6.07 Å². The summed E-state index contributed by atoms with van der Waals surface area (Å²) in [6.07, 6.45) is -3.89. The molecule has 0 spiro atoms. The molecular formula is C23H17F3N4O5S. The summed E-state index contributed by atoms with van der Waals surface area (Å²) in [6.45, 7) is 0.284. The van der Waals surface area contributed by atoms with Crippen molar-refractivity contribution in [2.24, 2.45) is 0 Å². The Kier molecular flexibility index (Phi) is 6.82. The highest BCUT2D eigenvalue weighted by Gasteiger charge is 2.43. The van der Waals surface area contributed by atoms with E-state index in [4.69, 9.17) is 0 Å². The number of benzene rings is 2. The fraction of sp³-hybridized carbons (Fsp3) is 0.217. The van der Waals surface area contributed by atoms with Crippen molar-refractivity contribution >= 4 is 27.5 Å². The Morgan fingerprint density at radius 3 is 2.33 bits per heavy atom. The molecular weight excluding hydrogens is 501 g/mol. The maximum atomic E-state index is 13.5. The molecule has 2 aromatic carbocycles. The number of carbonyl (C=O) groups excluding carboxylic acids is 1. The Morgan fingerprint density at radius 2 is 1.81 bits per heavy atom. The molecule has 36 heavy (non-hydrogen) atoms. The number of carbonyl (C=O) groups is 2. The van der Waals surface area contributed by atoms with Gasteiger partial charge < -0.3 is 10.0 Å². The van der Waals surface area contributed by atoms with Crippen molar-refractivity contribution in [3.8, 4) is 12.1 Å². The third kappa shape index (κ3) is 4.87. The van der Waals surface area contributed by atoms with Crippen molar-refractivity contribution < 1.29 is 36.3 Å². The standard InChI is InChI=1S/C23H17F3N4O5S/c1-13-18(11-28)21(17-7-6-14(10-27)8-19(17)36(2,34)35)29(12-20(31)32)22(33)30(13)16-5-3-4-15(9-16)23(24,25)26/h3-9,21H,12H2,1-2H3,(H,31,32)/t21-/m0/s1. The van der Waals surface area contributed by atoms with Crippen LogP contribution in [0.3, 0.4) is 0 Å². The number of aliphatic carboxylic acids is 1. The molecule has 0 saturated carbocycles. The summed E-state index contributed by atoms with van der Waals surface area (Å²) in [4.78, 5) is 26.2. The molecule has 0 aliphatic carbocycles. The maximum Gasteiger partial charge on any atom is 0.416 e. The normalized spacial score (nSPS) is 16.5. The molecule has 1 aliphatic rings. The number of hydrogen-bond acceptors (Lipinski definition) is 6. The van der Waals surface area contributed by atoms with Gasteiger partial charge in [-0.1, -0.05) is 12.1 Å². The lowest BCUT2D eigenvalue weighted by atomic mass is 9.93. The average Bonchev–Trinajstić information content (AvgIpc) is 2.79. The fourth-order valence-corrected chi connectivity index (χ4v) is 4.85. The molecule has 1 atom stereocenters. The number of allylic oxidation sites excluding steroid dienone is 1. The zero-order chi connectivity index (χ0) is 27.0. The highest BCUT2D eigenvalue weighted by Crippen LogP contribution is 2.42. The molecule has 1 aliphatic heterocycles. The second-order valence-corrected chi connectivity index (χ2v) is 9.82. The van der Waals surface area contributed by atoms with Crippen LogP contribution in [0.1, 0.15) is 29.7 Å². The zero-order valence-electron chi connectivity index (χ0n) is 18.7. The van der Waals surface area contributed by atoms with Crippen LogP contribution in [0.2, 0.25) is 0 Å². The molecule has 2 amide bonds. The Hall–Kier alpha value is -4.36. The molecule has 2 aromatic rings. The number of rotatable bonds is 5. The molecule has 0 unspecified atom stereocenters. The van der Waals surface area contributed by atoms with Crippen LogP contribution < -0.4 is 4.90 Å². The molecule has 0 fully saturated rings. The summed E-state index contributed by atoms with van der Waals surface area (Å²) in [5, 5.41) is 28.6. The molecule has 1 N–H and O–H groups in total. The van der Waals surface area contributed by atoms with E-state index in [9.17, 15) is 46.8 Å². The topological polar surface area (TPSA) is 143 Å². The number of sulfone groups is 1. The smallest absolute Gasteiger partial charge is 0.416 e. The highest BCUT2D eigenvalue weighted by molar-refractivity contribution is 7.90. The van der Waals surface area contributed by atoms with Crippen LogP contribution in [0, 0.1) is 22.7 Å². The van der Waals surface area contributed by atoms with Crippen LogP contribution in [0.25, 0.3) is 0 Å². The molecule has 9 nitrogen and oxygen atoms in total. The summed E-state index contributed by atoms with van der Waals surface area (Å²) in [6, 6.07) is 8.25. The lowest BCUT2D eigenvalue weighted by Gasteiger charge is -2.41. The monoisotopic (exact) mass is 518 g/mol. The van der Waals surface area contributed by atoms with Gasteiger partial charge in [0.25, 0.3) is 0 Å². The number of anilines is 1. The van der Waals surface area contributed by atoms with Gasteiger partial charge in [-0.15, -0.1) is 0 Å². The van der Waals surface area contributed by atoms with Gasteiger partial charge in [0, 0.05) is 12.0 Å². The molecule has 0 bridgehead atoms. The fourth-order valence-electron chi connectivity index (χ4n) is 3.90. The Morgan fingerprint density at radius 1 is 1.14 bits per heavy atom. The SMILES string of the molecule is CC1=C(C#N)[C@H](c2ccc(C#N)cc2S(C)(=O)=O)N(CC(=O)O)C(=O)N1c1cccc(C(F)(F)F)c1. The quantitative estimate of drug-likeness (QED) is 0.633. The van der Waals surface area contributed by atoms with E-state index in [0.717, 1.165) is 29.4 Å². The summed E-state index contributed by atoms with van der Waals surface area (Å²) >= 11 is 0. The van der Waals surface area contributed by atoms with E-state index in [0.29, 0.717) is 11.0 Å². The van der Waals surface area contributed by atoms with Crippen molar-refractivity contribution in [3.63, 3.8) is 0 Å². The van der Waals surface area contributed by atoms with Crippen molar-refractivity contribution in [1.82, 2.24) is 4.90 Å². The minimum absolute atomic E-state index is 0.0316. The lowest BCUT2D eigenvalue weighted by molar-refractivity contribution is -0.138. The first kappa shape index (κ1) is 26.2. The van der Waals surface area contributed by atoms with Gasteiger partial charge in [0.15, 0.2) is 9.84 Å². The van der Waals surface area contributed by atoms with Gasteiger partial charge in [-0.2, -0.15) is 23.7 Å². The third-order valence-corrected chi connectivity index (χ3v) is 6.59. The maximum absolute atomic E-state index is 13.5. The third-order valence-electron chi connectivity index (χ3n) is 5.44. The molecule has 186 valence electrons. The number of halogens is 3. The van der Waals surface area contributed by atoms with Gasteiger partial charge in [0.1, 0.15) is 6.54 Å². The van der Waals surface area contributed by atoms with Gasteiger partial charge in [-0.25, -0.2) is 13.2 Å². The number of nitriles is 2. The molecule has 13 heteroatoms. The minimum Gasteiger partial charge on any atom is -0.480 e. The van der Waals surface area contributed by atoms with Gasteiger partial charge in [0.05, 0.1) is 45.5 Å². The Labute approximate surface area is 203 Å². The average molecular weight is 518 g/mol. The molecule has 0 aromatic heterocycles. The number of amides is 2. The van der Waals surface area contributed by atoms with E-state index < -0.39 is 51.1 Å². The van der Waals surface area contributed by atoms with Crippen molar-refractivity contribution in [3.05, 3.63) is 70.4 Å². The van der Waals surface area contributed by atoms with Crippen LogP contribution in [-0.4, -0.2) is 43.2 Å². The minimum atomic E-state index is -4.74. The van der Waals surface area contributed by atoms with Crippen LogP contribution in [-0.2, 0) is 20.8 Å². The number of nitrogens with zero attached hydrogens (tertiary/aromatic N) is 4. The van der Waals surface area contributed by atoms with Gasteiger partial charge in [-0.05, 0) is 42.8 Å². The van der Waals surface area contributed by atoms with E-state index >= 15 is 0 Å². The number of carboxylic acids is 1. The predicted octanol–water partition coefficient (Wildman–Crippen LogP) is 3.85. The largest absolute Gasteiger partial charge is 0.480 e. The Balaban J connectivity index is 2.34. The van der Waals surface area contributed by atoms with E-state index in [2.05, 4.69) is 0 Å². The van der Waals surface area contributed by atoms with Crippen molar-refractivity contribution in [1.29, 1.82) is 10.5 Å². The van der Waals surface area contributed by atoms with Crippen LogP contribution in [0.15, 0.2) is 58.6 Å².